The molecular formula is C26H24N2O4. The summed E-state index contributed by atoms with van der Waals surface area (Å²) in [5.74, 6) is 0.190. The number of hydrogen-bond donors (Lipinski definition) is 2. The molecule has 3 aromatic carbocycles. The molecule has 0 aliphatic heterocycles. The summed E-state index contributed by atoms with van der Waals surface area (Å²) in [7, 11) is 0. The van der Waals surface area contributed by atoms with Crippen LogP contribution >= 0.6 is 0 Å². The third-order valence-electron chi connectivity index (χ3n) is 5.04. The highest BCUT2D eigenvalue weighted by atomic mass is 16.5. The highest BCUT2D eigenvalue weighted by Gasteiger charge is 2.22. The zero-order valence-corrected chi connectivity index (χ0v) is 17.5. The van der Waals surface area contributed by atoms with Gasteiger partial charge in [-0.05, 0) is 40.6 Å². The standard InChI is InChI=1S/C26H24N2O4/c29-25(27-14-16-31-22-13-12-20-9-4-5-10-21(20)18-22)23(17-19-7-2-1-3-8-19)28-26(30)24-11-6-15-32-24/h1-13,15,18,23H,14,16-17H2,(H,27,29)(H,28,30). The number of benzene rings is 3. The van der Waals surface area contributed by atoms with Gasteiger partial charge in [-0.3, -0.25) is 9.59 Å². The highest BCUT2D eigenvalue weighted by molar-refractivity contribution is 5.95. The van der Waals surface area contributed by atoms with Crippen molar-refractivity contribution in [2.75, 3.05) is 13.2 Å². The fourth-order valence-corrected chi connectivity index (χ4v) is 3.42. The molecule has 1 aromatic heterocycles. The van der Waals surface area contributed by atoms with Crippen LogP contribution < -0.4 is 15.4 Å². The molecule has 0 fully saturated rings. The van der Waals surface area contributed by atoms with Crippen molar-refractivity contribution in [3.05, 3.63) is 103 Å². The summed E-state index contributed by atoms with van der Waals surface area (Å²) in [5.41, 5.74) is 0.944. The summed E-state index contributed by atoms with van der Waals surface area (Å²) >= 11 is 0. The Morgan fingerprint density at radius 3 is 2.44 bits per heavy atom. The Morgan fingerprint density at radius 1 is 0.875 bits per heavy atom. The maximum Gasteiger partial charge on any atom is 0.287 e. The average Bonchev–Trinajstić information content (AvgIpc) is 3.37. The van der Waals surface area contributed by atoms with Crippen LogP contribution in [0, 0.1) is 0 Å². The Hall–Kier alpha value is -4.06. The topological polar surface area (TPSA) is 80.6 Å². The van der Waals surface area contributed by atoms with Gasteiger partial charge in [0.05, 0.1) is 12.8 Å². The zero-order valence-electron chi connectivity index (χ0n) is 17.5. The first kappa shape index (κ1) is 21.2. The van der Waals surface area contributed by atoms with Gasteiger partial charge in [-0.15, -0.1) is 0 Å². The molecule has 0 saturated carbocycles. The number of rotatable bonds is 9. The monoisotopic (exact) mass is 428 g/mol. The number of furan rings is 1. The van der Waals surface area contributed by atoms with Crippen LogP contribution in [-0.4, -0.2) is 31.0 Å². The molecule has 0 bridgehead atoms. The number of fused-ring (bicyclic) bond motifs is 1. The Balaban J connectivity index is 1.33. The maximum atomic E-state index is 12.8. The van der Waals surface area contributed by atoms with Crippen molar-refractivity contribution in [2.45, 2.75) is 12.5 Å². The van der Waals surface area contributed by atoms with Crippen LogP contribution in [0.4, 0.5) is 0 Å². The number of carbonyl (C=O) groups excluding carboxylic acids is 2. The zero-order chi connectivity index (χ0) is 22.2. The SMILES string of the molecule is O=C(NC(Cc1ccccc1)C(=O)NCCOc1ccc2ccccc2c1)c1ccco1. The third-order valence-corrected chi connectivity index (χ3v) is 5.04. The summed E-state index contributed by atoms with van der Waals surface area (Å²) in [6.45, 7) is 0.627. The summed E-state index contributed by atoms with van der Waals surface area (Å²) in [4.78, 5) is 25.3. The molecule has 0 saturated heterocycles. The smallest absolute Gasteiger partial charge is 0.287 e. The fourth-order valence-electron chi connectivity index (χ4n) is 3.42. The van der Waals surface area contributed by atoms with Gasteiger partial charge >= 0.3 is 0 Å². The van der Waals surface area contributed by atoms with Crippen LogP contribution in [0.25, 0.3) is 10.8 Å². The van der Waals surface area contributed by atoms with Crippen molar-refractivity contribution < 1.29 is 18.7 Å². The number of nitrogens with one attached hydrogen (secondary N) is 2. The Labute approximate surface area is 186 Å². The van der Waals surface area contributed by atoms with E-state index >= 15 is 0 Å². The number of hydrogen-bond acceptors (Lipinski definition) is 4. The molecular weight excluding hydrogens is 404 g/mol. The lowest BCUT2D eigenvalue weighted by Gasteiger charge is -2.18. The Bertz CT molecular complexity index is 1170. The second-order valence-corrected chi connectivity index (χ2v) is 7.34. The Morgan fingerprint density at radius 2 is 1.66 bits per heavy atom. The van der Waals surface area contributed by atoms with Crippen molar-refractivity contribution in [1.29, 1.82) is 0 Å². The minimum absolute atomic E-state index is 0.162. The average molecular weight is 428 g/mol. The van der Waals surface area contributed by atoms with Crippen LogP contribution in [0.2, 0.25) is 0 Å². The molecule has 1 heterocycles. The minimum Gasteiger partial charge on any atom is -0.492 e. The summed E-state index contributed by atoms with van der Waals surface area (Å²) in [6, 6.07) is 25.9. The van der Waals surface area contributed by atoms with Gasteiger partial charge in [-0.25, -0.2) is 0 Å². The van der Waals surface area contributed by atoms with E-state index in [2.05, 4.69) is 10.6 Å². The van der Waals surface area contributed by atoms with E-state index in [0.29, 0.717) is 19.6 Å². The van der Waals surface area contributed by atoms with Gasteiger partial charge in [-0.2, -0.15) is 0 Å². The molecule has 0 aliphatic rings. The first-order chi connectivity index (χ1) is 15.7. The van der Waals surface area contributed by atoms with Crippen LogP contribution in [0.1, 0.15) is 16.1 Å². The molecule has 0 radical (unpaired) electrons. The van der Waals surface area contributed by atoms with Crippen molar-refractivity contribution >= 4 is 22.6 Å². The van der Waals surface area contributed by atoms with Crippen LogP contribution in [0.15, 0.2) is 95.6 Å². The van der Waals surface area contributed by atoms with E-state index in [4.69, 9.17) is 9.15 Å². The van der Waals surface area contributed by atoms with E-state index in [9.17, 15) is 9.59 Å². The number of amides is 2. The molecule has 2 amide bonds. The van der Waals surface area contributed by atoms with Crippen molar-refractivity contribution in [3.8, 4) is 5.75 Å². The quantitative estimate of drug-likeness (QED) is 0.395. The number of ether oxygens (including phenoxy) is 1. The molecule has 6 heteroatoms. The van der Waals surface area contributed by atoms with Gasteiger partial charge in [0, 0.05) is 6.42 Å². The van der Waals surface area contributed by atoms with Gasteiger partial charge in [0.15, 0.2) is 5.76 Å². The summed E-state index contributed by atoms with van der Waals surface area (Å²) in [5, 5.41) is 7.85. The molecule has 162 valence electrons. The van der Waals surface area contributed by atoms with E-state index in [1.54, 1.807) is 12.1 Å². The van der Waals surface area contributed by atoms with Gasteiger partial charge in [0.1, 0.15) is 18.4 Å². The van der Waals surface area contributed by atoms with E-state index in [0.717, 1.165) is 22.1 Å². The van der Waals surface area contributed by atoms with E-state index in [-0.39, 0.29) is 11.7 Å². The first-order valence-corrected chi connectivity index (χ1v) is 10.5. The van der Waals surface area contributed by atoms with Crippen LogP contribution in [-0.2, 0) is 11.2 Å². The normalized spacial score (nSPS) is 11.6. The van der Waals surface area contributed by atoms with Gasteiger partial charge in [0.25, 0.3) is 5.91 Å². The highest BCUT2D eigenvalue weighted by Crippen LogP contribution is 2.20. The first-order valence-electron chi connectivity index (χ1n) is 10.5. The molecule has 1 unspecified atom stereocenters. The molecule has 2 N–H and O–H groups in total. The second-order valence-electron chi connectivity index (χ2n) is 7.34. The predicted octanol–water partition coefficient (Wildman–Crippen LogP) is 3.97. The number of carbonyl (C=O) groups is 2. The lowest BCUT2D eigenvalue weighted by atomic mass is 10.1. The molecule has 4 rings (SSSR count). The molecule has 0 spiro atoms. The van der Waals surface area contributed by atoms with Crippen molar-refractivity contribution in [2.24, 2.45) is 0 Å². The minimum atomic E-state index is -0.740. The Kier molecular flexibility index (Phi) is 6.82. The molecule has 32 heavy (non-hydrogen) atoms. The van der Waals surface area contributed by atoms with Crippen LogP contribution in [0.5, 0.6) is 5.75 Å². The summed E-state index contributed by atoms with van der Waals surface area (Å²) < 4.78 is 10.9. The third kappa shape index (κ3) is 5.55. The predicted molar refractivity (Wildman–Crippen MR) is 123 cm³/mol. The largest absolute Gasteiger partial charge is 0.492 e. The molecule has 0 aliphatic carbocycles. The van der Waals surface area contributed by atoms with Crippen molar-refractivity contribution in [3.63, 3.8) is 0 Å². The molecule has 6 nitrogen and oxygen atoms in total. The molecule has 1 atom stereocenters. The second kappa shape index (κ2) is 10.3. The van der Waals surface area contributed by atoms with Crippen LogP contribution in [0.3, 0.4) is 0 Å². The van der Waals surface area contributed by atoms with E-state index in [1.165, 1.54) is 6.26 Å². The fraction of sp³-hybridized carbons (Fsp3) is 0.154. The lowest BCUT2D eigenvalue weighted by Crippen LogP contribution is -2.48. The van der Waals surface area contributed by atoms with Crippen molar-refractivity contribution in [1.82, 2.24) is 10.6 Å². The lowest BCUT2D eigenvalue weighted by molar-refractivity contribution is -0.123. The van der Waals surface area contributed by atoms with Gasteiger partial charge < -0.3 is 19.8 Å². The van der Waals surface area contributed by atoms with E-state index in [1.807, 2.05) is 72.8 Å². The van der Waals surface area contributed by atoms with Gasteiger partial charge in [0.2, 0.25) is 5.91 Å². The van der Waals surface area contributed by atoms with E-state index < -0.39 is 11.9 Å². The maximum absolute atomic E-state index is 12.8. The van der Waals surface area contributed by atoms with Gasteiger partial charge in [-0.1, -0.05) is 60.7 Å². The summed E-state index contributed by atoms with van der Waals surface area (Å²) in [6.07, 6.45) is 1.79. The molecule has 4 aromatic rings.